The molecule has 0 bridgehead atoms. The van der Waals surface area contributed by atoms with Crippen molar-refractivity contribution in [1.29, 1.82) is 0 Å². The van der Waals surface area contributed by atoms with E-state index in [0.717, 1.165) is 16.9 Å². The standard InChI is InChI=1S/C21H24O5/c1-4-23-20(22)19-18(25-21(2,3)26-19)16-10-12-17(13-11-16)24-14-15-8-6-5-7-9-15/h5-13,18-19H,4,14H2,1-3H3/t18-,19+/m1/s1. The van der Waals surface area contributed by atoms with Crippen molar-refractivity contribution in [3.63, 3.8) is 0 Å². The van der Waals surface area contributed by atoms with Crippen LogP contribution >= 0.6 is 0 Å². The van der Waals surface area contributed by atoms with Crippen molar-refractivity contribution < 1.29 is 23.7 Å². The molecule has 0 amide bonds. The highest BCUT2D eigenvalue weighted by Crippen LogP contribution is 2.39. The molecular formula is C21H24O5. The van der Waals surface area contributed by atoms with Crippen LogP contribution in [0.4, 0.5) is 0 Å². The number of ether oxygens (including phenoxy) is 4. The maximum absolute atomic E-state index is 12.2. The van der Waals surface area contributed by atoms with Gasteiger partial charge in [-0.1, -0.05) is 42.5 Å². The van der Waals surface area contributed by atoms with Crippen LogP contribution in [0.15, 0.2) is 54.6 Å². The third-order valence-electron chi connectivity index (χ3n) is 4.07. The fraction of sp³-hybridized carbons (Fsp3) is 0.381. The molecule has 26 heavy (non-hydrogen) atoms. The van der Waals surface area contributed by atoms with Gasteiger partial charge in [0, 0.05) is 0 Å². The highest BCUT2D eigenvalue weighted by Gasteiger charge is 2.46. The fourth-order valence-corrected chi connectivity index (χ4v) is 2.90. The van der Waals surface area contributed by atoms with Gasteiger partial charge in [-0.05, 0) is 44.0 Å². The van der Waals surface area contributed by atoms with E-state index < -0.39 is 24.0 Å². The van der Waals surface area contributed by atoms with E-state index in [0.29, 0.717) is 13.2 Å². The van der Waals surface area contributed by atoms with E-state index in [2.05, 4.69) is 0 Å². The van der Waals surface area contributed by atoms with Crippen molar-refractivity contribution in [3.05, 3.63) is 65.7 Å². The molecule has 0 N–H and O–H groups in total. The molecule has 0 saturated carbocycles. The van der Waals surface area contributed by atoms with Crippen LogP contribution in [0.3, 0.4) is 0 Å². The molecule has 5 heteroatoms. The van der Waals surface area contributed by atoms with Crippen LogP contribution in [0, 0.1) is 0 Å². The summed E-state index contributed by atoms with van der Waals surface area (Å²) < 4.78 is 22.6. The summed E-state index contributed by atoms with van der Waals surface area (Å²) >= 11 is 0. The van der Waals surface area contributed by atoms with Gasteiger partial charge in [0.15, 0.2) is 11.9 Å². The van der Waals surface area contributed by atoms with Crippen molar-refractivity contribution in [2.45, 2.75) is 45.4 Å². The van der Waals surface area contributed by atoms with Crippen LogP contribution in [-0.2, 0) is 25.6 Å². The summed E-state index contributed by atoms with van der Waals surface area (Å²) in [5.74, 6) is -0.499. The fourth-order valence-electron chi connectivity index (χ4n) is 2.90. The van der Waals surface area contributed by atoms with E-state index in [9.17, 15) is 4.79 Å². The predicted molar refractivity (Wildman–Crippen MR) is 96.6 cm³/mol. The number of rotatable bonds is 6. The minimum atomic E-state index is -0.843. The number of esters is 1. The van der Waals surface area contributed by atoms with Crippen LogP contribution in [0.1, 0.15) is 38.0 Å². The molecule has 2 atom stereocenters. The van der Waals surface area contributed by atoms with Crippen molar-refractivity contribution in [2.75, 3.05) is 6.61 Å². The second-order valence-corrected chi connectivity index (χ2v) is 6.57. The molecule has 3 rings (SSSR count). The van der Waals surface area contributed by atoms with E-state index in [1.54, 1.807) is 20.8 Å². The molecule has 0 radical (unpaired) electrons. The second-order valence-electron chi connectivity index (χ2n) is 6.57. The molecule has 2 aromatic carbocycles. The lowest BCUT2D eigenvalue weighted by molar-refractivity contribution is -0.170. The van der Waals surface area contributed by atoms with Crippen molar-refractivity contribution in [3.8, 4) is 5.75 Å². The van der Waals surface area contributed by atoms with Crippen LogP contribution in [0.5, 0.6) is 5.75 Å². The number of hydrogen-bond donors (Lipinski definition) is 0. The van der Waals surface area contributed by atoms with Crippen molar-refractivity contribution >= 4 is 5.97 Å². The third kappa shape index (κ3) is 4.42. The molecule has 1 aliphatic heterocycles. The molecule has 0 aliphatic carbocycles. The summed E-state index contributed by atoms with van der Waals surface area (Å²) in [6.45, 7) is 6.15. The second kappa shape index (κ2) is 7.89. The smallest absolute Gasteiger partial charge is 0.338 e. The van der Waals surface area contributed by atoms with E-state index >= 15 is 0 Å². The zero-order chi connectivity index (χ0) is 18.6. The molecule has 5 nitrogen and oxygen atoms in total. The van der Waals surface area contributed by atoms with E-state index in [1.165, 1.54) is 0 Å². The topological polar surface area (TPSA) is 54.0 Å². The maximum atomic E-state index is 12.2. The Balaban J connectivity index is 1.69. The monoisotopic (exact) mass is 356 g/mol. The first-order valence-corrected chi connectivity index (χ1v) is 8.77. The van der Waals surface area contributed by atoms with Crippen LogP contribution in [0.2, 0.25) is 0 Å². The Hall–Kier alpha value is -2.37. The number of carbonyl (C=O) groups excluding carboxylic acids is 1. The van der Waals surface area contributed by atoms with Gasteiger partial charge in [0.05, 0.1) is 6.61 Å². The highest BCUT2D eigenvalue weighted by molar-refractivity contribution is 5.76. The Morgan fingerprint density at radius 2 is 1.73 bits per heavy atom. The maximum Gasteiger partial charge on any atom is 0.338 e. The quantitative estimate of drug-likeness (QED) is 0.732. The number of hydrogen-bond acceptors (Lipinski definition) is 5. The Kier molecular flexibility index (Phi) is 5.59. The summed E-state index contributed by atoms with van der Waals surface area (Å²) in [6.07, 6.45) is -1.28. The lowest BCUT2D eigenvalue weighted by Crippen LogP contribution is -2.29. The average Bonchev–Trinajstić information content (AvgIpc) is 2.97. The molecule has 1 fully saturated rings. The van der Waals surface area contributed by atoms with Crippen LogP contribution in [-0.4, -0.2) is 24.5 Å². The first-order chi connectivity index (χ1) is 12.5. The van der Waals surface area contributed by atoms with Gasteiger partial charge in [0.1, 0.15) is 18.5 Å². The number of benzene rings is 2. The van der Waals surface area contributed by atoms with Crippen molar-refractivity contribution in [1.82, 2.24) is 0 Å². The molecule has 0 aromatic heterocycles. The zero-order valence-corrected chi connectivity index (χ0v) is 15.3. The van der Waals surface area contributed by atoms with Gasteiger partial charge in [-0.3, -0.25) is 0 Å². The first kappa shape index (κ1) is 18.4. The summed E-state index contributed by atoms with van der Waals surface area (Å²) in [5, 5.41) is 0. The Bertz CT molecular complexity index is 724. The van der Waals surface area contributed by atoms with Crippen molar-refractivity contribution in [2.24, 2.45) is 0 Å². The summed E-state index contributed by atoms with van der Waals surface area (Å²) in [7, 11) is 0. The van der Waals surface area contributed by atoms with E-state index in [1.807, 2.05) is 54.6 Å². The Morgan fingerprint density at radius 3 is 2.38 bits per heavy atom. The zero-order valence-electron chi connectivity index (χ0n) is 15.3. The average molecular weight is 356 g/mol. The highest BCUT2D eigenvalue weighted by atomic mass is 16.8. The predicted octanol–water partition coefficient (Wildman–Crippen LogP) is 4.02. The Labute approximate surface area is 153 Å². The molecular weight excluding hydrogens is 332 g/mol. The minimum absolute atomic E-state index is 0.304. The Morgan fingerprint density at radius 1 is 1.04 bits per heavy atom. The normalized spacial score (nSPS) is 21.3. The molecule has 1 aliphatic rings. The molecule has 1 saturated heterocycles. The summed E-state index contributed by atoms with van der Waals surface area (Å²) in [4.78, 5) is 12.2. The molecule has 1 heterocycles. The van der Waals surface area contributed by atoms with Gasteiger partial charge in [0.25, 0.3) is 0 Å². The lowest BCUT2D eigenvalue weighted by atomic mass is 10.0. The van der Waals surface area contributed by atoms with Gasteiger partial charge >= 0.3 is 5.97 Å². The van der Waals surface area contributed by atoms with E-state index in [4.69, 9.17) is 18.9 Å². The van der Waals surface area contributed by atoms with Crippen LogP contribution < -0.4 is 4.74 Å². The third-order valence-corrected chi connectivity index (χ3v) is 4.07. The summed E-state index contributed by atoms with van der Waals surface area (Å²) in [6, 6.07) is 17.5. The molecule has 2 aromatic rings. The molecule has 0 spiro atoms. The van der Waals surface area contributed by atoms with Gasteiger partial charge in [-0.15, -0.1) is 0 Å². The first-order valence-electron chi connectivity index (χ1n) is 8.77. The summed E-state index contributed by atoms with van der Waals surface area (Å²) in [5.41, 5.74) is 1.95. The van der Waals surface area contributed by atoms with Gasteiger partial charge in [-0.25, -0.2) is 4.79 Å². The van der Waals surface area contributed by atoms with Gasteiger partial charge < -0.3 is 18.9 Å². The molecule has 138 valence electrons. The van der Waals surface area contributed by atoms with E-state index in [-0.39, 0.29) is 0 Å². The molecule has 0 unspecified atom stereocenters. The largest absolute Gasteiger partial charge is 0.489 e. The lowest BCUT2D eigenvalue weighted by Gasteiger charge is -2.17. The van der Waals surface area contributed by atoms with Crippen LogP contribution in [0.25, 0.3) is 0 Å². The van der Waals surface area contributed by atoms with Gasteiger partial charge in [-0.2, -0.15) is 0 Å². The van der Waals surface area contributed by atoms with Gasteiger partial charge in [0.2, 0.25) is 0 Å². The SMILES string of the molecule is CCOC(=O)[C@H]1OC(C)(C)O[C@@H]1c1ccc(OCc2ccccc2)cc1. The number of carbonyl (C=O) groups is 1. The minimum Gasteiger partial charge on any atom is -0.489 e.